The summed E-state index contributed by atoms with van der Waals surface area (Å²) in [5, 5.41) is 0. The van der Waals surface area contributed by atoms with Crippen molar-refractivity contribution in [3.05, 3.63) is 101 Å². The van der Waals surface area contributed by atoms with Gasteiger partial charge >= 0.3 is 0 Å². The molecule has 152 valence electrons. The fourth-order valence-electron chi connectivity index (χ4n) is 5.21. The van der Waals surface area contributed by atoms with Crippen LogP contribution in [-0.2, 0) is 19.0 Å². The van der Waals surface area contributed by atoms with Crippen LogP contribution in [0.1, 0.15) is 35.4 Å². The van der Waals surface area contributed by atoms with Gasteiger partial charge in [-0.05, 0) is 55.6 Å². The van der Waals surface area contributed by atoms with E-state index in [4.69, 9.17) is 4.98 Å². The minimum atomic E-state index is 0.0992. The van der Waals surface area contributed by atoms with Crippen LogP contribution in [0, 0.1) is 6.92 Å². The molecule has 5 rings (SSSR count). The quantitative estimate of drug-likeness (QED) is 0.457. The standard InChI is InChI=1S/C27H29N3/c1-21-10-9-15-24-26(21)29(2)25(28-24)20-30-18-16-27(17-19-30,22-11-5-3-6-12-22)23-13-7-4-8-14-23/h3-15H,16-20H2,1-2H3. The van der Waals surface area contributed by atoms with Crippen LogP contribution in [0.25, 0.3) is 11.0 Å². The summed E-state index contributed by atoms with van der Waals surface area (Å²) in [5.74, 6) is 1.16. The van der Waals surface area contributed by atoms with Gasteiger partial charge in [-0.1, -0.05) is 72.8 Å². The van der Waals surface area contributed by atoms with Crippen LogP contribution >= 0.6 is 0 Å². The van der Waals surface area contributed by atoms with Gasteiger partial charge in [0.25, 0.3) is 0 Å². The van der Waals surface area contributed by atoms with Gasteiger partial charge in [-0.15, -0.1) is 0 Å². The van der Waals surface area contributed by atoms with E-state index < -0.39 is 0 Å². The molecule has 30 heavy (non-hydrogen) atoms. The zero-order valence-corrected chi connectivity index (χ0v) is 17.9. The Hall–Kier alpha value is -2.91. The first-order valence-electron chi connectivity index (χ1n) is 10.9. The highest BCUT2D eigenvalue weighted by Gasteiger charge is 2.37. The lowest BCUT2D eigenvalue weighted by Gasteiger charge is -2.42. The van der Waals surface area contributed by atoms with Crippen LogP contribution < -0.4 is 0 Å². The molecule has 0 atom stereocenters. The van der Waals surface area contributed by atoms with Crippen LogP contribution in [-0.4, -0.2) is 27.5 Å². The van der Waals surface area contributed by atoms with Crippen molar-refractivity contribution in [3.8, 4) is 0 Å². The fraction of sp³-hybridized carbons (Fsp3) is 0.296. The molecule has 4 aromatic rings. The van der Waals surface area contributed by atoms with Crippen molar-refractivity contribution in [1.29, 1.82) is 0 Å². The number of aryl methyl sites for hydroxylation is 2. The van der Waals surface area contributed by atoms with E-state index in [2.05, 4.69) is 102 Å². The van der Waals surface area contributed by atoms with E-state index >= 15 is 0 Å². The Labute approximate surface area is 179 Å². The zero-order chi connectivity index (χ0) is 20.6. The lowest BCUT2D eigenvalue weighted by molar-refractivity contribution is 0.168. The maximum Gasteiger partial charge on any atom is 0.123 e. The Morgan fingerprint density at radius 3 is 1.97 bits per heavy atom. The number of rotatable bonds is 4. The Bertz CT molecular complexity index is 1100. The van der Waals surface area contributed by atoms with Gasteiger partial charge in [0, 0.05) is 12.5 Å². The van der Waals surface area contributed by atoms with E-state index in [0.29, 0.717) is 0 Å². The maximum absolute atomic E-state index is 4.94. The number of likely N-dealkylation sites (tertiary alicyclic amines) is 1. The molecule has 3 nitrogen and oxygen atoms in total. The summed E-state index contributed by atoms with van der Waals surface area (Å²) in [7, 11) is 2.15. The zero-order valence-electron chi connectivity index (χ0n) is 17.9. The number of hydrogen-bond acceptors (Lipinski definition) is 2. The predicted molar refractivity (Wildman–Crippen MR) is 124 cm³/mol. The van der Waals surface area contributed by atoms with E-state index in [0.717, 1.165) is 43.8 Å². The summed E-state index contributed by atoms with van der Waals surface area (Å²) in [6.45, 7) is 5.23. The highest BCUT2D eigenvalue weighted by atomic mass is 15.2. The highest BCUT2D eigenvalue weighted by Crippen LogP contribution is 2.41. The number of para-hydroxylation sites is 1. The lowest BCUT2D eigenvalue weighted by atomic mass is 9.68. The Balaban J connectivity index is 1.41. The average molecular weight is 396 g/mol. The summed E-state index contributed by atoms with van der Waals surface area (Å²) in [5.41, 5.74) is 6.63. The molecule has 3 heteroatoms. The normalized spacial score (nSPS) is 16.7. The average Bonchev–Trinajstić information content (AvgIpc) is 3.12. The molecule has 1 saturated heterocycles. The van der Waals surface area contributed by atoms with Crippen molar-refractivity contribution in [2.45, 2.75) is 31.7 Å². The van der Waals surface area contributed by atoms with Crippen LogP contribution in [0.4, 0.5) is 0 Å². The van der Waals surface area contributed by atoms with E-state index in [1.54, 1.807) is 0 Å². The number of nitrogens with zero attached hydrogens (tertiary/aromatic N) is 3. The van der Waals surface area contributed by atoms with Gasteiger partial charge in [-0.2, -0.15) is 0 Å². The largest absolute Gasteiger partial charge is 0.330 e. The lowest BCUT2D eigenvalue weighted by Crippen LogP contribution is -2.43. The number of aromatic nitrogens is 2. The minimum absolute atomic E-state index is 0.0992. The van der Waals surface area contributed by atoms with Gasteiger partial charge < -0.3 is 4.57 Å². The van der Waals surface area contributed by atoms with Gasteiger partial charge in [0.1, 0.15) is 5.82 Å². The first-order valence-corrected chi connectivity index (χ1v) is 10.9. The van der Waals surface area contributed by atoms with E-state index in [9.17, 15) is 0 Å². The summed E-state index contributed by atoms with van der Waals surface area (Å²) in [6, 6.07) is 28.5. The third kappa shape index (κ3) is 3.23. The predicted octanol–water partition coefficient (Wildman–Crippen LogP) is 5.46. The fourth-order valence-corrected chi connectivity index (χ4v) is 5.21. The third-order valence-electron chi connectivity index (χ3n) is 6.92. The first-order chi connectivity index (χ1) is 14.7. The van der Waals surface area contributed by atoms with Crippen molar-refractivity contribution >= 4 is 11.0 Å². The SMILES string of the molecule is Cc1cccc2nc(CN3CCC(c4ccccc4)(c4ccccc4)CC3)n(C)c12. The number of benzene rings is 3. The molecule has 0 N–H and O–H groups in total. The van der Waals surface area contributed by atoms with E-state index in [-0.39, 0.29) is 5.41 Å². The summed E-state index contributed by atoms with van der Waals surface area (Å²) in [6.07, 6.45) is 2.26. The second kappa shape index (κ2) is 7.73. The van der Waals surface area contributed by atoms with E-state index in [1.165, 1.54) is 22.2 Å². The summed E-state index contributed by atoms with van der Waals surface area (Å²) < 4.78 is 2.28. The Kier molecular flexibility index (Phi) is 4.92. The van der Waals surface area contributed by atoms with Crippen molar-refractivity contribution in [2.75, 3.05) is 13.1 Å². The summed E-state index contributed by atoms with van der Waals surface area (Å²) >= 11 is 0. The Morgan fingerprint density at radius 2 is 1.40 bits per heavy atom. The number of fused-ring (bicyclic) bond motifs is 1. The topological polar surface area (TPSA) is 21.1 Å². The minimum Gasteiger partial charge on any atom is -0.330 e. The monoisotopic (exact) mass is 395 g/mol. The van der Waals surface area contributed by atoms with Gasteiger partial charge in [0.05, 0.1) is 17.6 Å². The molecule has 0 spiro atoms. The van der Waals surface area contributed by atoms with Crippen LogP contribution in [0.3, 0.4) is 0 Å². The molecule has 0 aliphatic carbocycles. The third-order valence-corrected chi connectivity index (χ3v) is 6.92. The second-order valence-corrected chi connectivity index (χ2v) is 8.62. The molecular weight excluding hydrogens is 366 g/mol. The molecule has 0 bridgehead atoms. The van der Waals surface area contributed by atoms with Crippen molar-refractivity contribution in [2.24, 2.45) is 7.05 Å². The van der Waals surface area contributed by atoms with Crippen molar-refractivity contribution in [3.63, 3.8) is 0 Å². The molecule has 3 aromatic carbocycles. The van der Waals surface area contributed by atoms with Crippen molar-refractivity contribution < 1.29 is 0 Å². The second-order valence-electron chi connectivity index (χ2n) is 8.62. The summed E-state index contributed by atoms with van der Waals surface area (Å²) in [4.78, 5) is 7.51. The Morgan fingerprint density at radius 1 is 0.800 bits per heavy atom. The smallest absolute Gasteiger partial charge is 0.123 e. The number of hydrogen-bond donors (Lipinski definition) is 0. The molecule has 0 unspecified atom stereocenters. The molecule has 0 radical (unpaired) electrons. The molecule has 1 aliphatic heterocycles. The van der Waals surface area contributed by atoms with Crippen LogP contribution in [0.2, 0.25) is 0 Å². The van der Waals surface area contributed by atoms with Gasteiger partial charge in [-0.3, -0.25) is 4.90 Å². The molecule has 2 heterocycles. The van der Waals surface area contributed by atoms with Crippen LogP contribution in [0.5, 0.6) is 0 Å². The molecular formula is C27H29N3. The molecule has 0 saturated carbocycles. The molecule has 1 aliphatic rings. The van der Waals surface area contributed by atoms with Gasteiger partial charge in [0.15, 0.2) is 0 Å². The van der Waals surface area contributed by atoms with Gasteiger partial charge in [0.2, 0.25) is 0 Å². The number of piperidine rings is 1. The van der Waals surface area contributed by atoms with E-state index in [1.807, 2.05) is 0 Å². The molecule has 0 amide bonds. The molecule has 1 aromatic heterocycles. The van der Waals surface area contributed by atoms with Crippen LogP contribution in [0.15, 0.2) is 78.9 Å². The molecule has 1 fully saturated rings. The number of imidazole rings is 1. The maximum atomic E-state index is 4.94. The van der Waals surface area contributed by atoms with Gasteiger partial charge in [-0.25, -0.2) is 4.98 Å². The highest BCUT2D eigenvalue weighted by molar-refractivity contribution is 5.79. The first kappa shape index (κ1) is 19.1. The van der Waals surface area contributed by atoms with Crippen molar-refractivity contribution in [1.82, 2.24) is 14.5 Å².